The Morgan fingerprint density at radius 3 is 2.37 bits per heavy atom. The summed E-state index contributed by atoms with van der Waals surface area (Å²) in [5.74, 6) is 1.40. The third-order valence-electron chi connectivity index (χ3n) is 4.39. The van der Waals surface area contributed by atoms with Gasteiger partial charge in [-0.15, -0.1) is 0 Å². The number of rotatable bonds is 9. The molecular weight excluding hydrogens is 449 g/mol. The third kappa shape index (κ3) is 6.56. The lowest BCUT2D eigenvalue weighted by atomic mass is 10.0. The Morgan fingerprint density at radius 2 is 1.74 bits per heavy atom. The van der Waals surface area contributed by atoms with E-state index in [9.17, 15) is 0 Å². The molecule has 148 valence electrons. The second kappa shape index (κ2) is 10.0. The highest BCUT2D eigenvalue weighted by molar-refractivity contribution is 9.10. The Kier molecular flexibility index (Phi) is 8.29. The molecule has 0 aliphatic rings. The van der Waals surface area contributed by atoms with Crippen molar-refractivity contribution in [3.05, 3.63) is 56.0 Å². The molecule has 6 heteroatoms. The molecule has 0 atom stereocenters. The molecule has 0 amide bonds. The summed E-state index contributed by atoms with van der Waals surface area (Å²) in [5.41, 5.74) is 2.16. The summed E-state index contributed by atoms with van der Waals surface area (Å²) >= 11 is 15.7. The van der Waals surface area contributed by atoms with Crippen LogP contribution in [0.4, 0.5) is 0 Å². The van der Waals surface area contributed by atoms with E-state index in [2.05, 4.69) is 48.1 Å². The molecule has 2 rings (SSSR count). The first-order chi connectivity index (χ1) is 12.8. The fourth-order valence-corrected chi connectivity index (χ4v) is 3.30. The van der Waals surface area contributed by atoms with Gasteiger partial charge in [0.1, 0.15) is 6.61 Å². The molecule has 2 aromatic rings. The van der Waals surface area contributed by atoms with Crippen molar-refractivity contribution in [1.29, 1.82) is 0 Å². The van der Waals surface area contributed by atoms with Gasteiger partial charge in [-0.2, -0.15) is 0 Å². The minimum Gasteiger partial charge on any atom is -0.490 e. The lowest BCUT2D eigenvalue weighted by Gasteiger charge is -2.25. The largest absolute Gasteiger partial charge is 0.490 e. The van der Waals surface area contributed by atoms with Gasteiger partial charge in [0, 0.05) is 12.1 Å². The molecular formula is C21H26BrCl2NO2. The Hall–Kier alpha value is -0.940. The number of nitrogens with one attached hydrogen (secondary N) is 1. The third-order valence-corrected chi connectivity index (χ3v) is 5.72. The first kappa shape index (κ1) is 22.4. The highest BCUT2D eigenvalue weighted by Crippen LogP contribution is 2.38. The SMILES string of the molecule is CCOc1cc(CNC(C)(C)CC)cc(Br)c1OCc1ccc(Cl)c(Cl)c1. The van der Waals surface area contributed by atoms with E-state index in [-0.39, 0.29) is 5.54 Å². The smallest absolute Gasteiger partial charge is 0.175 e. The van der Waals surface area contributed by atoms with Crippen molar-refractivity contribution >= 4 is 39.1 Å². The first-order valence-electron chi connectivity index (χ1n) is 9.02. The fourth-order valence-electron chi connectivity index (χ4n) is 2.38. The Bertz CT molecular complexity index is 781. The molecule has 27 heavy (non-hydrogen) atoms. The number of benzene rings is 2. The van der Waals surface area contributed by atoms with Gasteiger partial charge in [0.15, 0.2) is 11.5 Å². The zero-order valence-corrected chi connectivity index (χ0v) is 19.3. The molecule has 0 radical (unpaired) electrons. The summed E-state index contributed by atoms with van der Waals surface area (Å²) < 4.78 is 12.7. The topological polar surface area (TPSA) is 30.5 Å². The number of hydrogen-bond donors (Lipinski definition) is 1. The van der Waals surface area contributed by atoms with Gasteiger partial charge in [0.25, 0.3) is 0 Å². The van der Waals surface area contributed by atoms with Crippen LogP contribution in [0.15, 0.2) is 34.8 Å². The van der Waals surface area contributed by atoms with Crippen LogP contribution in [-0.2, 0) is 13.2 Å². The maximum Gasteiger partial charge on any atom is 0.175 e. The van der Waals surface area contributed by atoms with Gasteiger partial charge in [-0.05, 0) is 78.5 Å². The predicted molar refractivity (Wildman–Crippen MR) is 117 cm³/mol. The van der Waals surface area contributed by atoms with Crippen molar-refractivity contribution in [3.8, 4) is 11.5 Å². The van der Waals surface area contributed by atoms with Crippen molar-refractivity contribution in [2.24, 2.45) is 0 Å². The molecule has 0 saturated heterocycles. The van der Waals surface area contributed by atoms with Crippen LogP contribution < -0.4 is 14.8 Å². The van der Waals surface area contributed by atoms with Gasteiger partial charge in [0.05, 0.1) is 21.1 Å². The molecule has 0 spiro atoms. The number of hydrogen-bond acceptors (Lipinski definition) is 3. The lowest BCUT2D eigenvalue weighted by molar-refractivity contribution is 0.267. The molecule has 0 aliphatic heterocycles. The lowest BCUT2D eigenvalue weighted by Crippen LogP contribution is -2.37. The molecule has 0 unspecified atom stereocenters. The van der Waals surface area contributed by atoms with E-state index in [0.717, 1.165) is 34.3 Å². The van der Waals surface area contributed by atoms with Crippen LogP contribution >= 0.6 is 39.1 Å². The quantitative estimate of drug-likeness (QED) is 0.423. The van der Waals surface area contributed by atoms with Crippen molar-refractivity contribution in [2.45, 2.75) is 52.8 Å². The van der Waals surface area contributed by atoms with Gasteiger partial charge in [0.2, 0.25) is 0 Å². The van der Waals surface area contributed by atoms with Crippen molar-refractivity contribution in [2.75, 3.05) is 6.61 Å². The molecule has 1 N–H and O–H groups in total. The van der Waals surface area contributed by atoms with Crippen LogP contribution in [-0.4, -0.2) is 12.1 Å². The zero-order valence-electron chi connectivity index (χ0n) is 16.2. The number of halogens is 3. The van der Waals surface area contributed by atoms with E-state index in [1.54, 1.807) is 6.07 Å². The van der Waals surface area contributed by atoms with E-state index < -0.39 is 0 Å². The average Bonchev–Trinajstić information content (AvgIpc) is 2.62. The highest BCUT2D eigenvalue weighted by atomic mass is 79.9. The van der Waals surface area contributed by atoms with E-state index >= 15 is 0 Å². The maximum atomic E-state index is 6.08. The van der Waals surface area contributed by atoms with E-state index in [4.69, 9.17) is 32.7 Å². The summed E-state index contributed by atoms with van der Waals surface area (Å²) in [6.45, 7) is 10.2. The minimum absolute atomic E-state index is 0.0846. The minimum atomic E-state index is 0.0846. The van der Waals surface area contributed by atoms with Crippen LogP contribution in [0.5, 0.6) is 11.5 Å². The summed E-state index contributed by atoms with van der Waals surface area (Å²) in [6, 6.07) is 9.56. The van der Waals surface area contributed by atoms with Crippen LogP contribution in [0.1, 0.15) is 45.2 Å². The predicted octanol–water partition coefficient (Wildman–Crippen LogP) is 7.01. The van der Waals surface area contributed by atoms with E-state index in [0.29, 0.717) is 29.0 Å². The van der Waals surface area contributed by atoms with Crippen molar-refractivity contribution in [1.82, 2.24) is 5.32 Å². The highest BCUT2D eigenvalue weighted by Gasteiger charge is 2.16. The molecule has 0 saturated carbocycles. The second-order valence-electron chi connectivity index (χ2n) is 6.97. The van der Waals surface area contributed by atoms with Gasteiger partial charge in [-0.1, -0.05) is 36.2 Å². The molecule has 2 aromatic carbocycles. The van der Waals surface area contributed by atoms with Gasteiger partial charge in [-0.3, -0.25) is 0 Å². The molecule has 0 aromatic heterocycles. The second-order valence-corrected chi connectivity index (χ2v) is 8.63. The monoisotopic (exact) mass is 473 g/mol. The van der Waals surface area contributed by atoms with E-state index in [1.807, 2.05) is 25.1 Å². The molecule has 0 heterocycles. The van der Waals surface area contributed by atoms with Crippen LogP contribution in [0.3, 0.4) is 0 Å². The van der Waals surface area contributed by atoms with Crippen LogP contribution in [0.25, 0.3) is 0 Å². The van der Waals surface area contributed by atoms with Crippen LogP contribution in [0, 0.1) is 0 Å². The standard InChI is InChI=1S/C21H26BrCl2NO2/c1-5-21(3,4)25-12-15-9-16(22)20(19(11-15)26-6-2)27-13-14-7-8-17(23)18(24)10-14/h7-11,25H,5-6,12-13H2,1-4H3. The Labute approximate surface area is 180 Å². The fraction of sp³-hybridized carbons (Fsp3) is 0.429. The molecule has 0 fully saturated rings. The van der Waals surface area contributed by atoms with Gasteiger partial charge in [-0.25, -0.2) is 0 Å². The van der Waals surface area contributed by atoms with Crippen molar-refractivity contribution in [3.63, 3.8) is 0 Å². The summed E-state index contributed by atoms with van der Waals surface area (Å²) in [4.78, 5) is 0. The molecule has 0 bridgehead atoms. The normalized spacial score (nSPS) is 11.5. The maximum absolute atomic E-state index is 6.08. The summed E-state index contributed by atoms with van der Waals surface area (Å²) in [7, 11) is 0. The van der Waals surface area contributed by atoms with Gasteiger partial charge < -0.3 is 14.8 Å². The average molecular weight is 475 g/mol. The first-order valence-corrected chi connectivity index (χ1v) is 10.6. The Balaban J connectivity index is 2.18. The zero-order chi connectivity index (χ0) is 20.0. The summed E-state index contributed by atoms with van der Waals surface area (Å²) in [6.07, 6.45) is 1.05. The number of ether oxygens (including phenoxy) is 2. The van der Waals surface area contributed by atoms with Crippen molar-refractivity contribution < 1.29 is 9.47 Å². The molecule has 0 aliphatic carbocycles. The summed E-state index contributed by atoms with van der Waals surface area (Å²) in [5, 5.41) is 4.61. The van der Waals surface area contributed by atoms with Crippen LogP contribution in [0.2, 0.25) is 10.0 Å². The molecule has 3 nitrogen and oxygen atoms in total. The van der Waals surface area contributed by atoms with Gasteiger partial charge >= 0.3 is 0 Å². The Morgan fingerprint density at radius 1 is 1.00 bits per heavy atom. The van der Waals surface area contributed by atoms with E-state index in [1.165, 1.54) is 0 Å².